The van der Waals surface area contributed by atoms with Gasteiger partial charge in [0.2, 0.25) is 0 Å². The summed E-state index contributed by atoms with van der Waals surface area (Å²) in [6, 6.07) is 0. The van der Waals surface area contributed by atoms with E-state index in [1.165, 1.54) is 15.2 Å². The van der Waals surface area contributed by atoms with Gasteiger partial charge >= 0.3 is 17.9 Å². The van der Waals surface area contributed by atoms with Gasteiger partial charge in [-0.2, -0.15) is 0 Å². The molecule has 3 aliphatic rings. The zero-order valence-corrected chi connectivity index (χ0v) is 18.9. The van der Waals surface area contributed by atoms with E-state index in [2.05, 4.69) is 0 Å². The molecule has 3 aliphatic heterocycles. The van der Waals surface area contributed by atoms with Gasteiger partial charge in [0.05, 0.1) is 52.5 Å². The van der Waals surface area contributed by atoms with Crippen molar-refractivity contribution in [3.8, 4) is 0 Å². The van der Waals surface area contributed by atoms with Crippen molar-refractivity contribution in [3.63, 3.8) is 0 Å². The van der Waals surface area contributed by atoms with Crippen molar-refractivity contribution in [1.29, 1.82) is 0 Å². The number of nitrogens with zero attached hydrogens (tertiary/aromatic N) is 3. The van der Waals surface area contributed by atoms with Crippen LogP contribution in [0.4, 0.5) is 0 Å². The third kappa shape index (κ3) is 7.59. The van der Waals surface area contributed by atoms with E-state index in [0.29, 0.717) is 39.3 Å². The molecule has 0 unspecified atom stereocenters. The Morgan fingerprint density at radius 1 is 0.576 bits per heavy atom. The highest BCUT2D eigenvalue weighted by molar-refractivity contribution is 5.71. The van der Waals surface area contributed by atoms with Gasteiger partial charge in [0.25, 0.3) is 0 Å². The summed E-state index contributed by atoms with van der Waals surface area (Å²) in [5.74, 6) is -1.41. The molecule has 0 amide bonds. The minimum Gasteiger partial charge on any atom is -0.396 e. The second kappa shape index (κ2) is 11.5. The smallest absolute Gasteiger partial charge is 0.325 e. The maximum absolute atomic E-state index is 12.4. The summed E-state index contributed by atoms with van der Waals surface area (Å²) < 4.78 is 0. The fourth-order valence-corrected chi connectivity index (χ4v) is 4.18. The van der Waals surface area contributed by atoms with Crippen LogP contribution < -0.4 is 0 Å². The molecule has 188 valence electrons. The van der Waals surface area contributed by atoms with Crippen LogP contribution in [0.3, 0.4) is 0 Å². The third-order valence-electron chi connectivity index (χ3n) is 6.66. The van der Waals surface area contributed by atoms with Crippen molar-refractivity contribution in [2.75, 3.05) is 59.1 Å². The molecule has 0 aliphatic carbocycles. The topological polar surface area (TPSA) is 149 Å². The molecule has 0 radical (unpaired) electrons. The van der Waals surface area contributed by atoms with Crippen LogP contribution in [0.2, 0.25) is 0 Å². The van der Waals surface area contributed by atoms with Crippen LogP contribution in [0, 0.1) is 10.8 Å². The summed E-state index contributed by atoms with van der Waals surface area (Å²) in [5, 5.41) is 35.0. The molecule has 3 N–H and O–H groups in total. The van der Waals surface area contributed by atoms with Crippen molar-refractivity contribution < 1.29 is 44.2 Å². The number of aliphatic hydroxyl groups is 3. The van der Waals surface area contributed by atoms with Crippen LogP contribution >= 0.6 is 0 Å². The maximum Gasteiger partial charge on any atom is 0.325 e. The molecule has 12 nitrogen and oxygen atoms in total. The molecule has 3 rings (SSSR count). The van der Waals surface area contributed by atoms with Gasteiger partial charge in [-0.1, -0.05) is 0 Å². The molecule has 0 aromatic carbocycles. The zero-order valence-electron chi connectivity index (χ0n) is 18.9. The van der Waals surface area contributed by atoms with E-state index >= 15 is 0 Å². The quantitative estimate of drug-likeness (QED) is 0.222. The molecule has 3 saturated heterocycles. The highest BCUT2D eigenvalue weighted by atomic mass is 16.7. The van der Waals surface area contributed by atoms with Crippen molar-refractivity contribution >= 4 is 17.9 Å². The zero-order chi connectivity index (χ0) is 23.9. The lowest BCUT2D eigenvalue weighted by atomic mass is 9.56. The van der Waals surface area contributed by atoms with Crippen LogP contribution in [0.5, 0.6) is 0 Å². The van der Waals surface area contributed by atoms with Gasteiger partial charge in [-0.3, -0.25) is 14.4 Å². The summed E-state index contributed by atoms with van der Waals surface area (Å²) in [7, 11) is 0. The number of rotatable bonds is 17. The Morgan fingerprint density at radius 3 is 1.15 bits per heavy atom. The highest BCUT2D eigenvalue weighted by Gasteiger charge is 2.50. The predicted molar refractivity (Wildman–Crippen MR) is 111 cm³/mol. The molecule has 12 heteroatoms. The molecule has 0 spiro atoms. The Hall–Kier alpha value is -1.83. The first-order valence-corrected chi connectivity index (χ1v) is 11.6. The van der Waals surface area contributed by atoms with E-state index in [9.17, 15) is 29.7 Å². The Bertz CT molecular complexity index is 614. The van der Waals surface area contributed by atoms with Crippen LogP contribution in [-0.4, -0.2) is 108 Å². The molecule has 33 heavy (non-hydrogen) atoms. The summed E-state index contributed by atoms with van der Waals surface area (Å²) in [4.78, 5) is 52.6. The lowest BCUT2D eigenvalue weighted by Crippen LogP contribution is -2.49. The van der Waals surface area contributed by atoms with E-state index in [1.807, 2.05) is 0 Å². The van der Waals surface area contributed by atoms with E-state index in [-0.39, 0.29) is 51.6 Å². The van der Waals surface area contributed by atoms with Crippen molar-refractivity contribution in [2.24, 2.45) is 10.8 Å². The lowest BCUT2D eigenvalue weighted by molar-refractivity contribution is -0.172. The van der Waals surface area contributed by atoms with Crippen LogP contribution in [0.15, 0.2) is 0 Å². The molecule has 0 aromatic heterocycles. The summed E-state index contributed by atoms with van der Waals surface area (Å²) in [5.41, 5.74) is -2.27. The maximum atomic E-state index is 12.4. The molecule has 0 aromatic rings. The van der Waals surface area contributed by atoms with Crippen molar-refractivity contribution in [1.82, 2.24) is 15.2 Å². The van der Waals surface area contributed by atoms with E-state index in [4.69, 9.17) is 14.5 Å². The monoisotopic (exact) mass is 473 g/mol. The number of hydroxylamine groups is 6. The van der Waals surface area contributed by atoms with Crippen LogP contribution in [0.25, 0.3) is 0 Å². The van der Waals surface area contributed by atoms with E-state index in [1.54, 1.807) is 0 Å². The first-order chi connectivity index (χ1) is 15.8. The number of carbonyl (C=O) groups is 3. The Kier molecular flexibility index (Phi) is 9.02. The van der Waals surface area contributed by atoms with Gasteiger partial charge in [-0.25, -0.2) is 0 Å². The molecular formula is C21H35N3O9. The first-order valence-electron chi connectivity index (χ1n) is 11.6. The normalized spacial score (nSPS) is 18.6. The Morgan fingerprint density at radius 2 is 0.909 bits per heavy atom. The molecule has 3 fully saturated rings. The van der Waals surface area contributed by atoms with Gasteiger partial charge in [0.15, 0.2) is 0 Å². The molecule has 3 heterocycles. The van der Waals surface area contributed by atoms with Crippen LogP contribution in [0.1, 0.15) is 44.9 Å². The third-order valence-corrected chi connectivity index (χ3v) is 6.66. The number of hydrogen-bond donors (Lipinski definition) is 3. The standard InChI is InChI=1S/C21H35N3O9/c25-14-7-21(15-26,16-27)20(4-1-17(28)31-22-8-9-22,5-2-18(29)32-23-10-11-23)6-3-19(30)33-24-12-13-24/h25-27H,1-16H2. The van der Waals surface area contributed by atoms with Crippen molar-refractivity contribution in [2.45, 2.75) is 44.9 Å². The highest BCUT2D eigenvalue weighted by Crippen LogP contribution is 2.52. The van der Waals surface area contributed by atoms with Gasteiger partial charge in [0.1, 0.15) is 0 Å². The first kappa shape index (κ1) is 25.8. The van der Waals surface area contributed by atoms with E-state index in [0.717, 1.165) is 0 Å². The molecule has 0 saturated carbocycles. The number of hydrogen-bond acceptors (Lipinski definition) is 12. The average Bonchev–Trinajstić information content (AvgIpc) is 3.62. The Balaban J connectivity index is 1.78. The van der Waals surface area contributed by atoms with Crippen molar-refractivity contribution in [3.05, 3.63) is 0 Å². The second-order valence-corrected chi connectivity index (χ2v) is 9.03. The van der Waals surface area contributed by atoms with Gasteiger partial charge < -0.3 is 29.8 Å². The minimum atomic E-state index is -1.23. The minimum absolute atomic E-state index is 0.0313. The summed E-state index contributed by atoms with van der Waals surface area (Å²) >= 11 is 0. The van der Waals surface area contributed by atoms with Crippen LogP contribution in [-0.2, 0) is 28.9 Å². The fraction of sp³-hybridized carbons (Fsp3) is 0.857. The number of aliphatic hydroxyl groups excluding tert-OH is 3. The summed E-state index contributed by atoms with van der Waals surface area (Å²) in [6.45, 7) is 2.71. The summed E-state index contributed by atoms with van der Waals surface area (Å²) in [6.07, 6.45) is 0.367. The molecule has 0 bridgehead atoms. The largest absolute Gasteiger partial charge is 0.396 e. The van der Waals surface area contributed by atoms with Gasteiger partial charge in [-0.15, -0.1) is 15.2 Å². The SMILES string of the molecule is O=C(CCC(CCC(=O)ON1CC1)(CCC(=O)ON1CC1)C(CO)(CO)CCO)ON1CC1. The molecule has 0 atom stereocenters. The second-order valence-electron chi connectivity index (χ2n) is 9.03. The Labute approximate surface area is 192 Å². The lowest BCUT2D eigenvalue weighted by Gasteiger charge is -2.49. The fourth-order valence-electron chi connectivity index (χ4n) is 4.18. The van der Waals surface area contributed by atoms with Gasteiger partial charge in [0, 0.05) is 31.3 Å². The number of carbonyl (C=O) groups excluding carboxylic acids is 3. The van der Waals surface area contributed by atoms with E-state index < -0.39 is 42.0 Å². The average molecular weight is 474 g/mol. The van der Waals surface area contributed by atoms with Gasteiger partial charge in [-0.05, 0) is 31.1 Å². The molecular weight excluding hydrogens is 438 g/mol. The predicted octanol–water partition coefficient (Wildman–Crippen LogP) is -1.01.